The van der Waals surface area contributed by atoms with Gasteiger partial charge in [-0.3, -0.25) is 14.4 Å². The average Bonchev–Trinajstić information content (AvgIpc) is 3.01. The number of hydrogen-bond acceptors (Lipinski definition) is 4. The molecule has 1 atom stereocenters. The number of amides is 3. The third kappa shape index (κ3) is 7.92. The maximum Gasteiger partial charge on any atom is 0.272 e. The summed E-state index contributed by atoms with van der Waals surface area (Å²) in [7, 11) is 0. The highest BCUT2D eigenvalue weighted by molar-refractivity contribution is 8.00. The van der Waals surface area contributed by atoms with Gasteiger partial charge in [0.15, 0.2) is 0 Å². The minimum absolute atomic E-state index is 0.0528. The van der Waals surface area contributed by atoms with Crippen molar-refractivity contribution in [3.8, 4) is 0 Å². The third-order valence-electron chi connectivity index (χ3n) is 6.51. The fraction of sp³-hybridized carbons (Fsp3) is 0.0571. The van der Waals surface area contributed by atoms with Crippen LogP contribution in [0.3, 0.4) is 0 Å². The highest BCUT2D eigenvalue weighted by Crippen LogP contribution is 2.28. The molecule has 0 fully saturated rings. The topological polar surface area (TPSA) is 87.3 Å². The van der Waals surface area contributed by atoms with Gasteiger partial charge in [0.25, 0.3) is 11.8 Å². The molecular formula is C35H28ClN3O3S. The molecule has 0 saturated heterocycles. The second kappa shape index (κ2) is 13.9. The molecule has 43 heavy (non-hydrogen) atoms. The highest BCUT2D eigenvalue weighted by Gasteiger charge is 2.18. The number of hydrogen-bond donors (Lipinski definition) is 3. The zero-order valence-electron chi connectivity index (χ0n) is 23.2. The molecule has 8 heteroatoms. The fourth-order valence-corrected chi connectivity index (χ4v) is 5.50. The molecule has 3 amide bonds. The maximum absolute atomic E-state index is 13.4. The Bertz CT molecular complexity index is 1820. The van der Waals surface area contributed by atoms with E-state index in [1.807, 2.05) is 61.5 Å². The van der Waals surface area contributed by atoms with Crippen molar-refractivity contribution < 1.29 is 14.4 Å². The predicted molar refractivity (Wildman–Crippen MR) is 176 cm³/mol. The Kier molecular flexibility index (Phi) is 9.56. The van der Waals surface area contributed by atoms with E-state index in [1.54, 1.807) is 72.8 Å². The molecule has 0 aromatic heterocycles. The van der Waals surface area contributed by atoms with E-state index in [0.29, 0.717) is 21.8 Å². The number of fused-ring (bicyclic) bond motifs is 1. The Balaban J connectivity index is 1.29. The van der Waals surface area contributed by atoms with Crippen molar-refractivity contribution in [3.63, 3.8) is 0 Å². The van der Waals surface area contributed by atoms with Gasteiger partial charge in [0.1, 0.15) is 5.70 Å². The summed E-state index contributed by atoms with van der Waals surface area (Å²) in [4.78, 5) is 40.2. The number of thioether (sulfide) groups is 1. The normalized spacial score (nSPS) is 11.9. The molecule has 214 valence electrons. The van der Waals surface area contributed by atoms with Crippen LogP contribution in [0.2, 0.25) is 5.02 Å². The summed E-state index contributed by atoms with van der Waals surface area (Å²) in [6.07, 6.45) is 1.57. The zero-order valence-corrected chi connectivity index (χ0v) is 24.8. The van der Waals surface area contributed by atoms with Crippen LogP contribution in [-0.4, -0.2) is 23.0 Å². The summed E-state index contributed by atoms with van der Waals surface area (Å²) in [5.41, 5.74) is 2.40. The number of halogens is 1. The summed E-state index contributed by atoms with van der Waals surface area (Å²) in [6.45, 7) is 1.83. The van der Waals surface area contributed by atoms with Crippen molar-refractivity contribution >= 4 is 69.3 Å². The molecule has 6 nitrogen and oxygen atoms in total. The Morgan fingerprint density at radius 1 is 0.767 bits per heavy atom. The van der Waals surface area contributed by atoms with Crippen molar-refractivity contribution in [1.82, 2.24) is 5.32 Å². The van der Waals surface area contributed by atoms with Crippen LogP contribution < -0.4 is 16.0 Å². The van der Waals surface area contributed by atoms with Gasteiger partial charge in [-0.1, -0.05) is 84.4 Å². The Hall–Kier alpha value is -4.85. The number of nitrogens with one attached hydrogen (secondary N) is 3. The monoisotopic (exact) mass is 605 g/mol. The highest BCUT2D eigenvalue weighted by atomic mass is 35.5. The average molecular weight is 606 g/mol. The number of carbonyl (C=O) groups is 3. The van der Waals surface area contributed by atoms with E-state index in [0.717, 1.165) is 21.4 Å². The molecule has 0 aliphatic rings. The van der Waals surface area contributed by atoms with Crippen LogP contribution in [0, 0.1) is 0 Å². The quantitative estimate of drug-likeness (QED) is 0.117. The minimum Gasteiger partial charge on any atom is -0.325 e. The molecule has 0 bridgehead atoms. The van der Waals surface area contributed by atoms with Crippen LogP contribution >= 0.6 is 23.4 Å². The summed E-state index contributed by atoms with van der Waals surface area (Å²) < 4.78 is 0. The van der Waals surface area contributed by atoms with E-state index in [-0.39, 0.29) is 11.6 Å². The number of rotatable bonds is 9. The molecule has 0 aliphatic heterocycles. The van der Waals surface area contributed by atoms with Gasteiger partial charge in [0, 0.05) is 32.2 Å². The Morgan fingerprint density at radius 3 is 2.30 bits per heavy atom. The molecule has 0 saturated carbocycles. The lowest BCUT2D eigenvalue weighted by Crippen LogP contribution is -2.30. The number of benzene rings is 5. The molecule has 0 aliphatic carbocycles. The van der Waals surface area contributed by atoms with Gasteiger partial charge in [0.2, 0.25) is 5.91 Å². The first-order chi connectivity index (χ1) is 20.9. The van der Waals surface area contributed by atoms with Gasteiger partial charge in [0.05, 0.1) is 5.25 Å². The number of carbonyl (C=O) groups excluding carboxylic acids is 3. The van der Waals surface area contributed by atoms with E-state index < -0.39 is 17.1 Å². The van der Waals surface area contributed by atoms with Crippen LogP contribution in [0.15, 0.2) is 132 Å². The summed E-state index contributed by atoms with van der Waals surface area (Å²) in [6, 6.07) is 36.6. The molecule has 0 radical (unpaired) electrons. The molecule has 1 unspecified atom stereocenters. The van der Waals surface area contributed by atoms with Crippen LogP contribution in [-0.2, 0) is 9.59 Å². The lowest BCUT2D eigenvalue weighted by Gasteiger charge is -2.15. The van der Waals surface area contributed by atoms with Crippen LogP contribution in [0.25, 0.3) is 16.8 Å². The molecule has 0 spiro atoms. The van der Waals surface area contributed by atoms with E-state index in [9.17, 15) is 14.4 Å². The summed E-state index contributed by atoms with van der Waals surface area (Å²) in [5, 5.41) is 10.8. The summed E-state index contributed by atoms with van der Waals surface area (Å²) in [5.74, 6) is -1.06. The van der Waals surface area contributed by atoms with Crippen LogP contribution in [0.4, 0.5) is 11.4 Å². The third-order valence-corrected chi connectivity index (χ3v) is 7.84. The van der Waals surface area contributed by atoms with E-state index >= 15 is 0 Å². The molecule has 0 heterocycles. The molecule has 3 N–H and O–H groups in total. The van der Waals surface area contributed by atoms with Gasteiger partial charge in [-0.15, -0.1) is 11.8 Å². The van der Waals surface area contributed by atoms with Crippen LogP contribution in [0.1, 0.15) is 22.8 Å². The zero-order chi connectivity index (χ0) is 30.2. The first-order valence-electron chi connectivity index (χ1n) is 13.6. The smallest absolute Gasteiger partial charge is 0.272 e. The van der Waals surface area contributed by atoms with Gasteiger partial charge in [-0.25, -0.2) is 0 Å². The Labute approximate surface area is 259 Å². The van der Waals surface area contributed by atoms with Crippen molar-refractivity contribution in [2.24, 2.45) is 0 Å². The first kappa shape index (κ1) is 29.6. The minimum atomic E-state index is -0.506. The Morgan fingerprint density at radius 2 is 1.49 bits per heavy atom. The maximum atomic E-state index is 13.4. The first-order valence-corrected chi connectivity index (χ1v) is 14.8. The van der Waals surface area contributed by atoms with Gasteiger partial charge in [-0.05, 0) is 72.5 Å². The molecule has 5 rings (SSSR count). The van der Waals surface area contributed by atoms with E-state index in [2.05, 4.69) is 16.0 Å². The van der Waals surface area contributed by atoms with Crippen molar-refractivity contribution in [1.29, 1.82) is 0 Å². The second-order valence-corrected chi connectivity index (χ2v) is 11.5. The molecule has 5 aromatic rings. The molecule has 5 aromatic carbocycles. The van der Waals surface area contributed by atoms with Gasteiger partial charge in [-0.2, -0.15) is 0 Å². The molecular weight excluding hydrogens is 578 g/mol. The standard InChI is InChI=1S/C35H28ClN3O3S/c1-23(33(40)38-31-19-8-14-25-11-5-6-18-30(25)31)43-29-17-9-16-28(22-29)37-35(42)32(21-24-10-7-15-27(36)20-24)39-34(41)26-12-3-2-4-13-26/h2-23H,1H3,(H,37,42)(H,38,40)(H,39,41)/b32-21-. The van der Waals surface area contributed by atoms with Gasteiger partial charge < -0.3 is 16.0 Å². The number of anilines is 2. The van der Waals surface area contributed by atoms with Gasteiger partial charge >= 0.3 is 0 Å². The largest absolute Gasteiger partial charge is 0.325 e. The van der Waals surface area contributed by atoms with Crippen LogP contribution in [0.5, 0.6) is 0 Å². The second-order valence-electron chi connectivity index (χ2n) is 9.69. The fourth-order valence-electron chi connectivity index (χ4n) is 4.38. The van der Waals surface area contributed by atoms with Crippen molar-refractivity contribution in [2.45, 2.75) is 17.1 Å². The van der Waals surface area contributed by atoms with E-state index in [4.69, 9.17) is 11.6 Å². The van der Waals surface area contributed by atoms with Crippen molar-refractivity contribution in [3.05, 3.63) is 143 Å². The predicted octanol–water partition coefficient (Wildman–Crippen LogP) is 8.02. The SMILES string of the molecule is CC(Sc1cccc(NC(=O)/C(=C/c2cccc(Cl)c2)NC(=O)c2ccccc2)c1)C(=O)Nc1cccc2ccccc12. The summed E-state index contributed by atoms with van der Waals surface area (Å²) >= 11 is 7.52. The van der Waals surface area contributed by atoms with Crippen molar-refractivity contribution in [2.75, 3.05) is 10.6 Å². The lowest BCUT2D eigenvalue weighted by molar-refractivity contribution is -0.115. The van der Waals surface area contributed by atoms with E-state index in [1.165, 1.54) is 11.8 Å². The lowest BCUT2D eigenvalue weighted by atomic mass is 10.1.